The molecule has 0 spiro atoms. The number of amides is 1. The molecule has 2 aromatic rings. The van der Waals surface area contributed by atoms with Crippen LogP contribution in [0.3, 0.4) is 0 Å². The Morgan fingerprint density at radius 1 is 1.10 bits per heavy atom. The number of nitro benzene ring substituents is 1. The quantitative estimate of drug-likeness (QED) is 0.195. The van der Waals surface area contributed by atoms with Gasteiger partial charge in [-0.2, -0.15) is 0 Å². The Balaban J connectivity index is 1.98. The summed E-state index contributed by atoms with van der Waals surface area (Å²) < 4.78 is 10.3. The van der Waals surface area contributed by atoms with Crippen LogP contribution in [0.4, 0.5) is 11.4 Å². The molecule has 0 atom stereocenters. The molecule has 0 unspecified atom stereocenters. The predicted octanol–water partition coefficient (Wildman–Crippen LogP) is 4.08. The lowest BCUT2D eigenvalue weighted by Crippen LogP contribution is -2.34. The number of carbonyl (C=O) groups excluding carboxylic acids is 2. The first kappa shape index (κ1) is 23.7. The molecule has 2 aromatic carbocycles. The van der Waals surface area contributed by atoms with Crippen LogP contribution in [0.5, 0.6) is 5.75 Å². The van der Waals surface area contributed by atoms with Crippen molar-refractivity contribution in [3.63, 3.8) is 0 Å². The van der Waals surface area contributed by atoms with E-state index in [2.05, 4.69) is 10.6 Å². The molecule has 31 heavy (non-hydrogen) atoms. The van der Waals surface area contributed by atoms with Crippen LogP contribution in [0, 0.1) is 10.1 Å². The van der Waals surface area contributed by atoms with Gasteiger partial charge in [-0.05, 0) is 62.0 Å². The number of anilines is 1. The number of hydrogen-bond donors (Lipinski definition) is 2. The molecule has 9 nitrogen and oxygen atoms in total. The fourth-order valence-electron chi connectivity index (χ4n) is 2.50. The van der Waals surface area contributed by atoms with E-state index in [9.17, 15) is 19.7 Å². The fourth-order valence-corrected chi connectivity index (χ4v) is 2.71. The van der Waals surface area contributed by atoms with E-state index in [1.165, 1.54) is 12.1 Å². The average molecular weight is 445 g/mol. The van der Waals surface area contributed by atoms with E-state index in [1.54, 1.807) is 31.2 Å². The topological polar surface area (TPSA) is 120 Å². The minimum absolute atomic E-state index is 0.000176. The molecule has 0 saturated carbocycles. The molecular weight excluding hydrogens is 422 g/mol. The molecule has 0 aromatic heterocycles. The largest absolute Gasteiger partial charge is 0.487 e. The zero-order valence-electron chi connectivity index (χ0n) is 17.2. The molecule has 2 N–H and O–H groups in total. The van der Waals surface area contributed by atoms with Gasteiger partial charge in [-0.1, -0.05) is 13.3 Å². The van der Waals surface area contributed by atoms with Gasteiger partial charge in [0.25, 0.3) is 5.91 Å². The molecule has 0 radical (unpaired) electrons. The molecule has 2 rings (SSSR count). The average Bonchev–Trinajstić information content (AvgIpc) is 2.74. The van der Waals surface area contributed by atoms with Gasteiger partial charge in [0.2, 0.25) is 0 Å². The van der Waals surface area contributed by atoms with Gasteiger partial charge in [-0.15, -0.1) is 0 Å². The third kappa shape index (κ3) is 7.03. The van der Waals surface area contributed by atoms with Gasteiger partial charge in [-0.25, -0.2) is 4.79 Å². The molecule has 1 amide bonds. The second-order valence-corrected chi connectivity index (χ2v) is 6.76. The van der Waals surface area contributed by atoms with E-state index in [0.29, 0.717) is 17.9 Å². The standard InChI is InChI=1S/C21H23N3O6S/c1-3-5-12-30-20(26)14-6-9-16(10-7-14)22-21(31)23-19(25)15-8-11-18(29-4-2)17(13-15)24(27)28/h6-11,13H,3-5,12H2,1-2H3,(H2,22,23,25,31). The van der Waals surface area contributed by atoms with Gasteiger partial charge >= 0.3 is 11.7 Å². The summed E-state index contributed by atoms with van der Waals surface area (Å²) in [7, 11) is 0. The van der Waals surface area contributed by atoms with E-state index >= 15 is 0 Å². The highest BCUT2D eigenvalue weighted by molar-refractivity contribution is 7.80. The number of unbranched alkanes of at least 4 members (excludes halogenated alkanes) is 1. The fraction of sp³-hybridized carbons (Fsp3) is 0.286. The molecule has 10 heteroatoms. The van der Waals surface area contributed by atoms with Crippen molar-refractivity contribution in [1.29, 1.82) is 0 Å². The van der Waals surface area contributed by atoms with Gasteiger partial charge in [0, 0.05) is 17.3 Å². The SMILES string of the molecule is CCCCOC(=O)c1ccc(NC(=S)NC(=O)c2ccc(OCC)c([N+](=O)[O-])c2)cc1. The highest BCUT2D eigenvalue weighted by atomic mass is 32.1. The van der Waals surface area contributed by atoms with Gasteiger partial charge in [-0.3, -0.25) is 20.2 Å². The number of nitrogens with one attached hydrogen (secondary N) is 2. The summed E-state index contributed by atoms with van der Waals surface area (Å²) in [6.45, 7) is 4.34. The number of thiocarbonyl (C=S) groups is 1. The maximum Gasteiger partial charge on any atom is 0.338 e. The first-order chi connectivity index (χ1) is 14.8. The number of nitrogens with zero attached hydrogens (tertiary/aromatic N) is 1. The van der Waals surface area contributed by atoms with Crippen LogP contribution >= 0.6 is 12.2 Å². The normalized spacial score (nSPS) is 10.1. The number of nitro groups is 1. The Labute approximate surface area is 184 Å². The summed E-state index contributed by atoms with van der Waals surface area (Å²) in [5, 5.41) is 16.5. The predicted molar refractivity (Wildman–Crippen MR) is 120 cm³/mol. The van der Waals surface area contributed by atoms with Crippen LogP contribution in [0.15, 0.2) is 42.5 Å². The zero-order chi connectivity index (χ0) is 22.8. The van der Waals surface area contributed by atoms with Crippen molar-refractivity contribution < 1.29 is 24.0 Å². The van der Waals surface area contributed by atoms with Crippen LogP contribution in [-0.2, 0) is 4.74 Å². The van der Waals surface area contributed by atoms with Gasteiger partial charge in [0.15, 0.2) is 10.9 Å². The molecule has 0 aliphatic rings. The molecule has 0 heterocycles. The maximum atomic E-state index is 12.4. The molecule has 0 aliphatic heterocycles. The Bertz CT molecular complexity index is 962. The van der Waals surface area contributed by atoms with Crippen molar-refractivity contribution in [3.8, 4) is 5.75 Å². The highest BCUT2D eigenvalue weighted by Gasteiger charge is 2.19. The summed E-state index contributed by atoms with van der Waals surface area (Å²) in [6, 6.07) is 10.3. The zero-order valence-corrected chi connectivity index (χ0v) is 18.0. The number of benzene rings is 2. The number of esters is 1. The van der Waals surface area contributed by atoms with Gasteiger partial charge in [0.05, 0.1) is 23.7 Å². The number of ether oxygens (including phenoxy) is 2. The second-order valence-electron chi connectivity index (χ2n) is 6.35. The summed E-state index contributed by atoms with van der Waals surface area (Å²) in [6.07, 6.45) is 1.74. The van der Waals surface area contributed by atoms with Gasteiger partial charge < -0.3 is 14.8 Å². The van der Waals surface area contributed by atoms with Crippen molar-refractivity contribution in [2.24, 2.45) is 0 Å². The van der Waals surface area contributed by atoms with Crippen molar-refractivity contribution >= 4 is 40.6 Å². The summed E-state index contributed by atoms with van der Waals surface area (Å²) >= 11 is 5.13. The third-order valence-corrected chi connectivity index (χ3v) is 4.26. The highest BCUT2D eigenvalue weighted by Crippen LogP contribution is 2.28. The third-order valence-electron chi connectivity index (χ3n) is 4.05. The first-order valence-electron chi connectivity index (χ1n) is 9.66. The summed E-state index contributed by atoms with van der Waals surface area (Å²) in [5.74, 6) is -0.939. The lowest BCUT2D eigenvalue weighted by atomic mass is 10.1. The van der Waals surface area contributed by atoms with Crippen molar-refractivity contribution in [2.45, 2.75) is 26.7 Å². The van der Waals surface area contributed by atoms with E-state index in [1.807, 2.05) is 6.92 Å². The van der Waals surface area contributed by atoms with Crippen molar-refractivity contribution in [3.05, 3.63) is 63.7 Å². The molecule has 164 valence electrons. The Morgan fingerprint density at radius 3 is 2.39 bits per heavy atom. The van der Waals surface area contributed by atoms with Crippen LogP contribution in [0.25, 0.3) is 0 Å². The van der Waals surface area contributed by atoms with E-state index in [0.717, 1.165) is 18.9 Å². The lowest BCUT2D eigenvalue weighted by Gasteiger charge is -2.11. The van der Waals surface area contributed by atoms with E-state index in [-0.39, 0.29) is 28.7 Å². The van der Waals surface area contributed by atoms with Gasteiger partial charge in [0.1, 0.15) is 0 Å². The van der Waals surface area contributed by atoms with Crippen LogP contribution < -0.4 is 15.4 Å². The van der Waals surface area contributed by atoms with Crippen LogP contribution in [0.2, 0.25) is 0 Å². The monoisotopic (exact) mass is 445 g/mol. The molecule has 0 aliphatic carbocycles. The smallest absolute Gasteiger partial charge is 0.338 e. The lowest BCUT2D eigenvalue weighted by molar-refractivity contribution is -0.385. The van der Waals surface area contributed by atoms with Crippen LogP contribution in [-0.4, -0.2) is 35.1 Å². The molecular formula is C21H23N3O6S. The maximum absolute atomic E-state index is 12.4. The summed E-state index contributed by atoms with van der Waals surface area (Å²) in [4.78, 5) is 34.9. The molecule has 0 fully saturated rings. The van der Waals surface area contributed by atoms with Crippen molar-refractivity contribution in [1.82, 2.24) is 5.32 Å². The number of hydrogen-bond acceptors (Lipinski definition) is 7. The second kappa shape index (κ2) is 11.6. The minimum atomic E-state index is -0.618. The minimum Gasteiger partial charge on any atom is -0.487 e. The number of rotatable bonds is 9. The Kier molecular flexibility index (Phi) is 8.89. The number of carbonyl (C=O) groups is 2. The summed E-state index contributed by atoms with van der Waals surface area (Å²) in [5.41, 5.74) is 0.700. The Hall–Kier alpha value is -3.53. The first-order valence-corrected chi connectivity index (χ1v) is 10.1. The van der Waals surface area contributed by atoms with E-state index in [4.69, 9.17) is 21.7 Å². The molecule has 0 bridgehead atoms. The van der Waals surface area contributed by atoms with E-state index < -0.39 is 16.8 Å². The van der Waals surface area contributed by atoms with Crippen molar-refractivity contribution in [2.75, 3.05) is 18.5 Å². The van der Waals surface area contributed by atoms with Crippen LogP contribution in [0.1, 0.15) is 47.4 Å². The Morgan fingerprint density at radius 2 is 1.77 bits per heavy atom. The molecule has 0 saturated heterocycles.